The highest BCUT2D eigenvalue weighted by atomic mass is 32.1. The van der Waals surface area contributed by atoms with Crippen LogP contribution >= 0.6 is 24.4 Å². The molecule has 1 aromatic carbocycles. The fourth-order valence-corrected chi connectivity index (χ4v) is 2.90. The second-order valence-electron chi connectivity index (χ2n) is 5.41. The lowest BCUT2D eigenvalue weighted by atomic mass is 9.86. The van der Waals surface area contributed by atoms with Gasteiger partial charge in [0.05, 0.1) is 0 Å². The van der Waals surface area contributed by atoms with Gasteiger partial charge in [-0.3, -0.25) is 10.9 Å². The van der Waals surface area contributed by atoms with Crippen LogP contribution in [0.25, 0.3) is 0 Å². The molecule has 114 valence electrons. The van der Waals surface area contributed by atoms with Gasteiger partial charge in [-0.1, -0.05) is 38.0 Å². The van der Waals surface area contributed by atoms with Crippen molar-refractivity contribution in [2.24, 2.45) is 5.92 Å². The van der Waals surface area contributed by atoms with Crippen molar-refractivity contribution in [3.63, 3.8) is 0 Å². The van der Waals surface area contributed by atoms with E-state index in [0.717, 1.165) is 5.69 Å². The van der Waals surface area contributed by atoms with Crippen molar-refractivity contribution in [1.29, 1.82) is 0 Å². The Hall–Kier alpha value is -1.40. The maximum Gasteiger partial charge on any atom is 0.189 e. The Labute approximate surface area is 137 Å². The molecular weight excluding hydrogens is 300 g/mol. The van der Waals surface area contributed by atoms with Gasteiger partial charge in [-0.15, -0.1) is 0 Å². The molecule has 0 aliphatic heterocycles. The smallest absolute Gasteiger partial charge is 0.189 e. The Morgan fingerprint density at radius 1 is 1.00 bits per heavy atom. The lowest BCUT2D eigenvalue weighted by molar-refractivity contribution is 0.308. The zero-order valence-corrected chi connectivity index (χ0v) is 13.8. The molecule has 4 nitrogen and oxygen atoms in total. The van der Waals surface area contributed by atoms with Crippen LogP contribution in [0.1, 0.15) is 32.6 Å². The van der Waals surface area contributed by atoms with Crippen molar-refractivity contribution >= 4 is 40.3 Å². The molecule has 4 N–H and O–H groups in total. The summed E-state index contributed by atoms with van der Waals surface area (Å²) >= 11 is 10.5. The third-order valence-electron chi connectivity index (χ3n) is 3.75. The van der Waals surface area contributed by atoms with Crippen LogP contribution in [0.2, 0.25) is 0 Å². The highest BCUT2D eigenvalue weighted by molar-refractivity contribution is 7.80. The first-order valence-corrected chi connectivity index (χ1v) is 8.15. The monoisotopic (exact) mass is 322 g/mol. The number of para-hydroxylation sites is 1. The summed E-state index contributed by atoms with van der Waals surface area (Å²) in [5, 5.41) is 7.52. The molecule has 21 heavy (non-hydrogen) atoms. The lowest BCUT2D eigenvalue weighted by Crippen LogP contribution is -2.52. The fourth-order valence-electron chi connectivity index (χ4n) is 2.53. The minimum absolute atomic E-state index is 0.455. The van der Waals surface area contributed by atoms with Gasteiger partial charge in [-0.2, -0.15) is 0 Å². The van der Waals surface area contributed by atoms with Gasteiger partial charge in [0.25, 0.3) is 0 Å². The van der Waals surface area contributed by atoms with Gasteiger partial charge in [0.1, 0.15) is 0 Å². The van der Waals surface area contributed by atoms with Gasteiger partial charge in [-0.25, -0.2) is 0 Å². The largest absolute Gasteiger partial charge is 0.358 e. The van der Waals surface area contributed by atoms with E-state index in [2.05, 4.69) is 28.4 Å². The van der Waals surface area contributed by atoms with Crippen molar-refractivity contribution in [1.82, 2.24) is 16.2 Å². The van der Waals surface area contributed by atoms with E-state index in [1.165, 1.54) is 25.7 Å². The van der Waals surface area contributed by atoms with Crippen LogP contribution in [0, 0.1) is 5.92 Å². The van der Waals surface area contributed by atoms with Crippen LogP contribution in [0.4, 0.5) is 5.69 Å². The summed E-state index contributed by atoms with van der Waals surface area (Å²) in [6, 6.07) is 10.2. The first-order valence-electron chi connectivity index (χ1n) is 7.33. The van der Waals surface area contributed by atoms with Crippen LogP contribution < -0.4 is 21.5 Å². The SMILES string of the molecule is C[C@H]1CCCC[C@H]1NC(=S)NNC(=S)Nc1ccccc1. The molecule has 2 atom stereocenters. The van der Waals surface area contributed by atoms with Crippen molar-refractivity contribution in [3.8, 4) is 0 Å². The van der Waals surface area contributed by atoms with E-state index in [1.54, 1.807) is 0 Å². The number of thiocarbonyl (C=S) groups is 2. The number of hydrogen-bond donors (Lipinski definition) is 4. The minimum Gasteiger partial charge on any atom is -0.358 e. The summed E-state index contributed by atoms with van der Waals surface area (Å²) < 4.78 is 0. The summed E-state index contributed by atoms with van der Waals surface area (Å²) in [5.41, 5.74) is 6.78. The molecule has 1 saturated carbocycles. The molecule has 0 amide bonds. The van der Waals surface area contributed by atoms with Gasteiger partial charge >= 0.3 is 0 Å². The van der Waals surface area contributed by atoms with Crippen molar-refractivity contribution in [2.75, 3.05) is 5.32 Å². The van der Waals surface area contributed by atoms with Crippen LogP contribution in [-0.2, 0) is 0 Å². The fraction of sp³-hybridized carbons (Fsp3) is 0.467. The van der Waals surface area contributed by atoms with E-state index in [1.807, 2.05) is 30.3 Å². The van der Waals surface area contributed by atoms with Gasteiger partial charge in [0.2, 0.25) is 0 Å². The minimum atomic E-state index is 0.455. The summed E-state index contributed by atoms with van der Waals surface area (Å²) in [4.78, 5) is 0. The summed E-state index contributed by atoms with van der Waals surface area (Å²) in [6.07, 6.45) is 5.03. The number of anilines is 1. The van der Waals surface area contributed by atoms with E-state index < -0.39 is 0 Å². The highest BCUT2D eigenvalue weighted by Crippen LogP contribution is 2.23. The molecule has 1 aliphatic carbocycles. The Morgan fingerprint density at radius 2 is 1.67 bits per heavy atom. The summed E-state index contributed by atoms with van der Waals surface area (Å²) in [7, 11) is 0. The molecular formula is C15H22N4S2. The van der Waals surface area contributed by atoms with E-state index >= 15 is 0 Å². The first kappa shape index (κ1) is 16.0. The molecule has 0 bridgehead atoms. The van der Waals surface area contributed by atoms with Gasteiger partial charge in [0.15, 0.2) is 10.2 Å². The average molecular weight is 323 g/mol. The van der Waals surface area contributed by atoms with Gasteiger partial charge in [-0.05, 0) is 55.3 Å². The van der Waals surface area contributed by atoms with Crippen molar-refractivity contribution < 1.29 is 0 Å². The maximum absolute atomic E-state index is 5.30. The quantitative estimate of drug-likeness (QED) is 0.496. The molecule has 6 heteroatoms. The van der Waals surface area contributed by atoms with Crippen LogP contribution in [0.5, 0.6) is 0 Å². The summed E-state index contributed by atoms with van der Waals surface area (Å²) in [5.74, 6) is 0.660. The molecule has 0 heterocycles. The van der Waals surface area contributed by atoms with E-state index in [9.17, 15) is 0 Å². The maximum atomic E-state index is 5.30. The second kappa shape index (κ2) is 8.14. The highest BCUT2D eigenvalue weighted by Gasteiger charge is 2.21. The van der Waals surface area contributed by atoms with Crippen LogP contribution in [-0.4, -0.2) is 16.3 Å². The zero-order valence-electron chi connectivity index (χ0n) is 12.2. The van der Waals surface area contributed by atoms with E-state index in [4.69, 9.17) is 24.4 Å². The standard InChI is InChI=1S/C15H22N4S2/c1-11-7-5-6-10-13(11)17-15(21)19-18-14(20)16-12-8-3-2-4-9-12/h2-4,8-9,11,13H,5-7,10H2,1H3,(H2,16,18,20)(H2,17,19,21)/t11-,13+/m0/s1. The van der Waals surface area contributed by atoms with E-state index in [-0.39, 0.29) is 0 Å². The zero-order chi connectivity index (χ0) is 15.1. The predicted molar refractivity (Wildman–Crippen MR) is 96.1 cm³/mol. The number of rotatable bonds is 2. The van der Waals surface area contributed by atoms with E-state index in [0.29, 0.717) is 22.2 Å². The van der Waals surface area contributed by atoms with Crippen molar-refractivity contribution in [2.45, 2.75) is 38.6 Å². The average Bonchev–Trinajstić information content (AvgIpc) is 2.49. The van der Waals surface area contributed by atoms with Crippen LogP contribution in [0.15, 0.2) is 30.3 Å². The molecule has 1 fully saturated rings. The number of nitrogens with one attached hydrogen (secondary N) is 4. The Morgan fingerprint density at radius 3 is 2.38 bits per heavy atom. The summed E-state index contributed by atoms with van der Waals surface area (Å²) in [6.45, 7) is 2.27. The third kappa shape index (κ3) is 5.47. The number of hydrazine groups is 1. The third-order valence-corrected chi connectivity index (χ3v) is 4.17. The molecule has 1 aliphatic rings. The first-order chi connectivity index (χ1) is 10.1. The molecule has 0 radical (unpaired) electrons. The molecule has 0 unspecified atom stereocenters. The Kier molecular flexibility index (Phi) is 6.20. The molecule has 0 aromatic heterocycles. The molecule has 0 spiro atoms. The Bertz CT molecular complexity index is 478. The number of hydrogen-bond acceptors (Lipinski definition) is 2. The van der Waals surface area contributed by atoms with Crippen LogP contribution in [0.3, 0.4) is 0 Å². The Balaban J connectivity index is 1.69. The molecule has 1 aromatic rings. The lowest BCUT2D eigenvalue weighted by Gasteiger charge is -2.30. The number of benzene rings is 1. The second-order valence-corrected chi connectivity index (χ2v) is 6.23. The topological polar surface area (TPSA) is 48.1 Å². The molecule has 2 rings (SSSR count). The van der Waals surface area contributed by atoms with Crippen molar-refractivity contribution in [3.05, 3.63) is 30.3 Å². The predicted octanol–water partition coefficient (Wildman–Crippen LogP) is 2.93. The normalized spacial score (nSPS) is 21.2. The molecule has 0 saturated heterocycles. The van der Waals surface area contributed by atoms with Gasteiger partial charge in [0, 0.05) is 11.7 Å². The van der Waals surface area contributed by atoms with Gasteiger partial charge < -0.3 is 10.6 Å².